The first-order chi connectivity index (χ1) is 14.7. The summed E-state index contributed by atoms with van der Waals surface area (Å²) in [7, 11) is 5.27. The number of carbonyl (C=O) groups excluding carboxylic acids is 2. The smallest absolute Gasteiger partial charge is 0.295 e. The number of Topliss-reactive ketones (excluding diaryl/α,β-unsaturated/α-hetero) is 1. The van der Waals surface area contributed by atoms with Crippen LogP contribution in [-0.4, -0.2) is 60.9 Å². The lowest BCUT2D eigenvalue weighted by atomic mass is 9.95. The number of hydrogen-bond acceptors (Lipinski definition) is 5. The van der Waals surface area contributed by atoms with E-state index in [1.807, 2.05) is 19.0 Å². The molecule has 0 bridgehead atoms. The van der Waals surface area contributed by atoms with E-state index >= 15 is 0 Å². The molecule has 2 aromatic carbocycles. The number of ketones is 1. The number of aliphatic hydroxyl groups is 1. The molecular weight excluding hydrogens is 423 g/mol. The van der Waals surface area contributed by atoms with Gasteiger partial charge in [-0.15, -0.1) is 0 Å². The number of hydrogen-bond donors (Lipinski definition) is 1. The Morgan fingerprint density at radius 2 is 1.87 bits per heavy atom. The van der Waals surface area contributed by atoms with E-state index in [1.54, 1.807) is 6.07 Å². The number of amides is 1. The number of carbonyl (C=O) groups is 2. The Balaban J connectivity index is 2.11. The minimum Gasteiger partial charge on any atom is -0.507 e. The highest BCUT2D eigenvalue weighted by molar-refractivity contribution is 6.46. The van der Waals surface area contributed by atoms with Crippen LogP contribution in [0, 0.1) is 5.82 Å². The maximum Gasteiger partial charge on any atom is 0.295 e. The predicted octanol–water partition coefficient (Wildman–Crippen LogP) is 3.86. The third-order valence-electron chi connectivity index (χ3n) is 5.15. The fraction of sp³-hybridized carbons (Fsp3) is 0.304. The zero-order valence-corrected chi connectivity index (χ0v) is 18.3. The first-order valence-electron chi connectivity index (χ1n) is 9.77. The number of aliphatic hydroxyl groups excluding tert-OH is 1. The summed E-state index contributed by atoms with van der Waals surface area (Å²) >= 11 is 6.07. The van der Waals surface area contributed by atoms with Gasteiger partial charge in [-0.3, -0.25) is 9.59 Å². The van der Waals surface area contributed by atoms with Crippen molar-refractivity contribution in [3.05, 3.63) is 70.0 Å². The zero-order chi connectivity index (χ0) is 22.7. The van der Waals surface area contributed by atoms with Crippen molar-refractivity contribution in [3.8, 4) is 5.75 Å². The fourth-order valence-electron chi connectivity index (χ4n) is 3.62. The van der Waals surface area contributed by atoms with Crippen molar-refractivity contribution in [2.24, 2.45) is 0 Å². The van der Waals surface area contributed by atoms with Gasteiger partial charge in [0, 0.05) is 12.1 Å². The molecular formula is C23H24ClFN2O4. The van der Waals surface area contributed by atoms with Crippen LogP contribution < -0.4 is 4.74 Å². The van der Waals surface area contributed by atoms with Gasteiger partial charge < -0.3 is 19.6 Å². The SMILES string of the molecule is COc1cc(/C(O)=C2/C(=O)C(=O)N(CCCN(C)C)C2c2ccc(F)cc2)ccc1Cl. The number of benzene rings is 2. The molecule has 8 heteroatoms. The van der Waals surface area contributed by atoms with Crippen molar-refractivity contribution >= 4 is 29.1 Å². The van der Waals surface area contributed by atoms with Gasteiger partial charge in [-0.2, -0.15) is 0 Å². The number of likely N-dealkylation sites (tertiary alicyclic amines) is 1. The first-order valence-corrected chi connectivity index (χ1v) is 10.1. The molecule has 1 saturated heterocycles. The molecule has 1 atom stereocenters. The molecule has 6 nitrogen and oxygen atoms in total. The minimum absolute atomic E-state index is 0.0502. The summed E-state index contributed by atoms with van der Waals surface area (Å²) in [5.74, 6) is -1.93. The Hall–Kier alpha value is -2.90. The molecule has 1 amide bonds. The summed E-state index contributed by atoms with van der Waals surface area (Å²) < 4.78 is 18.7. The van der Waals surface area contributed by atoms with E-state index in [9.17, 15) is 19.1 Å². The molecule has 0 spiro atoms. The van der Waals surface area contributed by atoms with Crippen LogP contribution in [0.4, 0.5) is 4.39 Å². The van der Waals surface area contributed by atoms with Gasteiger partial charge in [0.25, 0.3) is 11.7 Å². The van der Waals surface area contributed by atoms with Gasteiger partial charge in [0.05, 0.1) is 23.7 Å². The molecule has 1 aliphatic rings. The fourth-order valence-corrected chi connectivity index (χ4v) is 3.82. The average molecular weight is 447 g/mol. The summed E-state index contributed by atoms with van der Waals surface area (Å²) in [6.07, 6.45) is 0.631. The quantitative estimate of drug-likeness (QED) is 0.397. The lowest BCUT2D eigenvalue weighted by molar-refractivity contribution is -0.139. The standard InChI is InChI=1S/C23H24ClFN2O4/c1-26(2)11-4-12-27-20(14-5-8-16(25)9-6-14)19(22(29)23(27)30)21(28)15-7-10-17(24)18(13-15)31-3/h5-10,13,20,28H,4,11-12H2,1-3H3/b21-19-. The van der Waals surface area contributed by atoms with E-state index in [0.717, 1.165) is 0 Å². The van der Waals surface area contributed by atoms with E-state index in [2.05, 4.69) is 0 Å². The van der Waals surface area contributed by atoms with Crippen molar-refractivity contribution in [1.29, 1.82) is 0 Å². The summed E-state index contributed by atoms with van der Waals surface area (Å²) in [6, 6.07) is 9.31. The van der Waals surface area contributed by atoms with E-state index in [0.29, 0.717) is 41.4 Å². The third kappa shape index (κ3) is 4.73. The van der Waals surface area contributed by atoms with Gasteiger partial charge >= 0.3 is 0 Å². The third-order valence-corrected chi connectivity index (χ3v) is 5.47. The highest BCUT2D eigenvalue weighted by atomic mass is 35.5. The van der Waals surface area contributed by atoms with Gasteiger partial charge in [0.2, 0.25) is 0 Å². The Bertz CT molecular complexity index is 1020. The lowest BCUT2D eigenvalue weighted by Crippen LogP contribution is -2.32. The van der Waals surface area contributed by atoms with E-state index < -0.39 is 23.5 Å². The van der Waals surface area contributed by atoms with Crippen molar-refractivity contribution < 1.29 is 23.8 Å². The molecule has 1 fully saturated rings. The summed E-state index contributed by atoms with van der Waals surface area (Å²) in [6.45, 7) is 1.03. The van der Waals surface area contributed by atoms with Crippen LogP contribution in [0.25, 0.3) is 5.76 Å². The molecule has 2 aromatic rings. The molecule has 0 radical (unpaired) electrons. The van der Waals surface area contributed by atoms with E-state index in [1.165, 1.54) is 48.4 Å². The highest BCUT2D eigenvalue weighted by Gasteiger charge is 2.45. The second-order valence-electron chi connectivity index (χ2n) is 7.55. The van der Waals surface area contributed by atoms with Crippen LogP contribution in [0.3, 0.4) is 0 Å². The lowest BCUT2D eigenvalue weighted by Gasteiger charge is -2.26. The van der Waals surface area contributed by atoms with Gasteiger partial charge in [-0.25, -0.2) is 4.39 Å². The van der Waals surface area contributed by atoms with Crippen LogP contribution in [0.1, 0.15) is 23.6 Å². The molecule has 1 heterocycles. The monoisotopic (exact) mass is 446 g/mol. The van der Waals surface area contributed by atoms with Crippen molar-refractivity contribution in [2.75, 3.05) is 34.3 Å². The normalized spacial score (nSPS) is 18.1. The second kappa shape index (κ2) is 9.49. The maximum absolute atomic E-state index is 13.5. The van der Waals surface area contributed by atoms with E-state index in [-0.39, 0.29) is 11.3 Å². The summed E-state index contributed by atoms with van der Waals surface area (Å²) in [5, 5.41) is 11.4. The highest BCUT2D eigenvalue weighted by Crippen LogP contribution is 2.40. The van der Waals surface area contributed by atoms with Crippen molar-refractivity contribution in [2.45, 2.75) is 12.5 Å². The molecule has 3 rings (SSSR count). The molecule has 0 aromatic heterocycles. The van der Waals surface area contributed by atoms with E-state index in [4.69, 9.17) is 16.3 Å². The molecule has 1 N–H and O–H groups in total. The topological polar surface area (TPSA) is 70.1 Å². The Morgan fingerprint density at radius 1 is 1.19 bits per heavy atom. The maximum atomic E-state index is 13.5. The molecule has 164 valence electrons. The van der Waals surface area contributed by atoms with Crippen molar-refractivity contribution in [1.82, 2.24) is 9.80 Å². The number of rotatable bonds is 7. The number of halogens is 2. The van der Waals surface area contributed by atoms with Crippen LogP contribution in [0.5, 0.6) is 5.75 Å². The number of ether oxygens (including phenoxy) is 1. The number of methoxy groups -OCH3 is 1. The van der Waals surface area contributed by atoms with Crippen LogP contribution in [0.2, 0.25) is 5.02 Å². The molecule has 1 unspecified atom stereocenters. The molecule has 0 aliphatic carbocycles. The molecule has 31 heavy (non-hydrogen) atoms. The zero-order valence-electron chi connectivity index (χ0n) is 17.6. The first kappa shape index (κ1) is 22.8. The minimum atomic E-state index is -0.829. The summed E-state index contributed by atoms with van der Waals surface area (Å²) in [5.41, 5.74) is 0.776. The molecule has 0 saturated carbocycles. The largest absolute Gasteiger partial charge is 0.507 e. The van der Waals surface area contributed by atoms with Crippen LogP contribution >= 0.6 is 11.6 Å². The summed E-state index contributed by atoms with van der Waals surface area (Å²) in [4.78, 5) is 29.2. The Labute approximate surface area is 185 Å². The van der Waals surface area contributed by atoms with Crippen LogP contribution in [-0.2, 0) is 9.59 Å². The average Bonchev–Trinajstić information content (AvgIpc) is 2.99. The Kier molecular flexibility index (Phi) is 6.97. The van der Waals surface area contributed by atoms with Gasteiger partial charge in [0.1, 0.15) is 17.3 Å². The van der Waals surface area contributed by atoms with Gasteiger partial charge in [-0.1, -0.05) is 23.7 Å². The van der Waals surface area contributed by atoms with Crippen molar-refractivity contribution in [3.63, 3.8) is 0 Å². The number of nitrogens with zero attached hydrogens (tertiary/aromatic N) is 2. The molecule has 1 aliphatic heterocycles. The Morgan fingerprint density at radius 3 is 2.48 bits per heavy atom. The predicted molar refractivity (Wildman–Crippen MR) is 117 cm³/mol. The van der Waals surface area contributed by atoms with Gasteiger partial charge in [0.15, 0.2) is 0 Å². The second-order valence-corrected chi connectivity index (χ2v) is 7.96. The van der Waals surface area contributed by atoms with Crippen LogP contribution in [0.15, 0.2) is 48.0 Å². The van der Waals surface area contributed by atoms with Gasteiger partial charge in [-0.05, 0) is 63.0 Å².